The fourth-order valence-corrected chi connectivity index (χ4v) is 2.98. The average molecular weight is 328 g/mol. The minimum atomic E-state index is -0.356. The van der Waals surface area contributed by atoms with Crippen molar-refractivity contribution in [2.75, 3.05) is 32.2 Å². The van der Waals surface area contributed by atoms with Gasteiger partial charge < -0.3 is 14.4 Å². The predicted molar refractivity (Wildman–Crippen MR) is 88.2 cm³/mol. The van der Waals surface area contributed by atoms with E-state index < -0.39 is 0 Å². The molecule has 2 aromatic heterocycles. The van der Waals surface area contributed by atoms with Crippen molar-refractivity contribution in [2.24, 2.45) is 5.92 Å². The van der Waals surface area contributed by atoms with Crippen LogP contribution in [0.5, 0.6) is 5.88 Å². The van der Waals surface area contributed by atoms with Crippen LogP contribution in [0.1, 0.15) is 22.3 Å². The van der Waals surface area contributed by atoms with Gasteiger partial charge in [0.1, 0.15) is 12.1 Å². The lowest BCUT2D eigenvalue weighted by molar-refractivity contribution is 0.0600. The van der Waals surface area contributed by atoms with Crippen molar-refractivity contribution in [3.63, 3.8) is 0 Å². The lowest BCUT2D eigenvalue weighted by Crippen LogP contribution is -2.21. The second-order valence-electron chi connectivity index (χ2n) is 5.80. The largest absolute Gasteiger partial charge is 0.481 e. The van der Waals surface area contributed by atoms with Gasteiger partial charge in [-0.05, 0) is 30.4 Å². The first kappa shape index (κ1) is 16.2. The van der Waals surface area contributed by atoms with Gasteiger partial charge in [0.05, 0.1) is 19.8 Å². The quantitative estimate of drug-likeness (QED) is 0.774. The molecule has 1 aliphatic rings. The van der Waals surface area contributed by atoms with Gasteiger partial charge >= 0.3 is 5.97 Å². The molecule has 7 heteroatoms. The highest BCUT2D eigenvalue weighted by Crippen LogP contribution is 2.26. The number of hydrogen-bond acceptors (Lipinski definition) is 7. The number of aromatic nitrogens is 3. The maximum Gasteiger partial charge on any atom is 0.339 e. The van der Waals surface area contributed by atoms with E-state index in [1.807, 2.05) is 18.3 Å². The number of nitrogens with zero attached hydrogens (tertiary/aromatic N) is 4. The number of hydrogen-bond donors (Lipinski definition) is 0. The summed E-state index contributed by atoms with van der Waals surface area (Å²) in [6, 6.07) is 3.71. The molecule has 1 unspecified atom stereocenters. The first-order valence-corrected chi connectivity index (χ1v) is 7.83. The summed E-state index contributed by atoms with van der Waals surface area (Å²) in [7, 11) is 2.97. The predicted octanol–water partition coefficient (Wildman–Crippen LogP) is 1.74. The number of anilines is 1. The van der Waals surface area contributed by atoms with E-state index in [0.717, 1.165) is 37.3 Å². The molecule has 2 aromatic rings. The fraction of sp³-hybridized carbons (Fsp3) is 0.412. The lowest BCUT2D eigenvalue weighted by Gasteiger charge is -2.17. The Morgan fingerprint density at radius 3 is 2.96 bits per heavy atom. The Morgan fingerprint density at radius 2 is 2.17 bits per heavy atom. The molecule has 1 aliphatic heterocycles. The van der Waals surface area contributed by atoms with E-state index in [2.05, 4.69) is 19.9 Å². The first-order chi connectivity index (χ1) is 11.7. The molecule has 0 amide bonds. The van der Waals surface area contributed by atoms with E-state index in [9.17, 15) is 4.79 Å². The topological polar surface area (TPSA) is 77.4 Å². The molecular weight excluding hydrogens is 308 g/mol. The average Bonchev–Trinajstić information content (AvgIpc) is 3.10. The van der Waals surface area contributed by atoms with Gasteiger partial charge in [-0.1, -0.05) is 0 Å². The van der Waals surface area contributed by atoms with Gasteiger partial charge in [0.2, 0.25) is 5.88 Å². The zero-order valence-corrected chi connectivity index (χ0v) is 13.8. The van der Waals surface area contributed by atoms with Crippen LogP contribution >= 0.6 is 0 Å². The van der Waals surface area contributed by atoms with Gasteiger partial charge in [0.25, 0.3) is 0 Å². The molecule has 0 radical (unpaired) electrons. The number of carbonyl (C=O) groups is 1. The summed E-state index contributed by atoms with van der Waals surface area (Å²) in [6.45, 7) is 1.84. The zero-order chi connectivity index (χ0) is 16.9. The van der Waals surface area contributed by atoms with E-state index in [4.69, 9.17) is 9.47 Å². The molecule has 0 N–H and O–H groups in total. The van der Waals surface area contributed by atoms with Crippen LogP contribution in [-0.4, -0.2) is 48.2 Å². The highest BCUT2D eigenvalue weighted by Gasteiger charge is 2.24. The summed E-state index contributed by atoms with van der Waals surface area (Å²) in [5.74, 6) is 1.58. The van der Waals surface area contributed by atoms with E-state index in [-0.39, 0.29) is 5.97 Å². The third-order valence-corrected chi connectivity index (χ3v) is 4.19. The lowest BCUT2D eigenvalue weighted by atomic mass is 9.99. The van der Waals surface area contributed by atoms with Crippen LogP contribution in [0.25, 0.3) is 0 Å². The van der Waals surface area contributed by atoms with Gasteiger partial charge in [-0.15, -0.1) is 0 Å². The minimum Gasteiger partial charge on any atom is -0.481 e. The second kappa shape index (κ2) is 7.25. The molecule has 24 heavy (non-hydrogen) atoms. The third kappa shape index (κ3) is 3.61. The van der Waals surface area contributed by atoms with E-state index in [1.54, 1.807) is 7.11 Å². The minimum absolute atomic E-state index is 0.356. The molecule has 1 atom stereocenters. The normalized spacial score (nSPS) is 16.9. The van der Waals surface area contributed by atoms with Crippen LogP contribution in [0.2, 0.25) is 0 Å². The molecule has 0 bridgehead atoms. The molecule has 3 rings (SSSR count). The van der Waals surface area contributed by atoms with Crippen LogP contribution in [0.15, 0.2) is 30.9 Å². The number of esters is 1. The Labute approximate surface area is 140 Å². The van der Waals surface area contributed by atoms with E-state index in [1.165, 1.54) is 19.6 Å². The molecule has 0 aliphatic carbocycles. The summed E-state index contributed by atoms with van der Waals surface area (Å²) in [5.41, 5.74) is 1.54. The number of ether oxygens (including phenoxy) is 2. The number of methoxy groups -OCH3 is 2. The fourth-order valence-electron chi connectivity index (χ4n) is 2.98. The summed E-state index contributed by atoms with van der Waals surface area (Å²) < 4.78 is 9.90. The number of rotatable bonds is 5. The van der Waals surface area contributed by atoms with Crippen molar-refractivity contribution in [1.29, 1.82) is 0 Å². The molecule has 1 saturated heterocycles. The number of carbonyl (C=O) groups excluding carboxylic acids is 1. The molecule has 1 fully saturated rings. The maximum absolute atomic E-state index is 11.6. The molecule has 0 aromatic carbocycles. The highest BCUT2D eigenvalue weighted by atomic mass is 16.5. The highest BCUT2D eigenvalue weighted by molar-refractivity contribution is 5.89. The molecule has 0 spiro atoms. The van der Waals surface area contributed by atoms with Gasteiger partial charge in [-0.25, -0.2) is 14.8 Å². The Kier molecular flexibility index (Phi) is 4.88. The standard InChI is InChI=1S/C17H20N4O3/c1-23-16-7-15(19-11-20-16)21-4-3-12(10-21)5-13-6-14(9-18-8-13)17(22)24-2/h6-9,11-12H,3-5,10H2,1-2H3. The SMILES string of the molecule is COC(=O)c1cncc(CC2CCN(c3cc(OC)ncn3)C2)c1. The Bertz CT molecular complexity index is 722. The Hall–Kier alpha value is -2.70. The molecular formula is C17H20N4O3. The molecule has 7 nitrogen and oxygen atoms in total. The molecule has 126 valence electrons. The second-order valence-corrected chi connectivity index (χ2v) is 5.80. The monoisotopic (exact) mass is 328 g/mol. The third-order valence-electron chi connectivity index (χ3n) is 4.19. The van der Waals surface area contributed by atoms with Crippen molar-refractivity contribution >= 4 is 11.8 Å². The smallest absolute Gasteiger partial charge is 0.339 e. The van der Waals surface area contributed by atoms with Crippen molar-refractivity contribution < 1.29 is 14.3 Å². The van der Waals surface area contributed by atoms with Crippen LogP contribution < -0.4 is 9.64 Å². The Morgan fingerprint density at radius 1 is 1.29 bits per heavy atom. The van der Waals surface area contributed by atoms with Crippen molar-refractivity contribution in [3.05, 3.63) is 42.0 Å². The van der Waals surface area contributed by atoms with Crippen LogP contribution in [0.4, 0.5) is 5.82 Å². The van der Waals surface area contributed by atoms with Crippen LogP contribution in [0.3, 0.4) is 0 Å². The summed E-state index contributed by atoms with van der Waals surface area (Å²) in [4.78, 5) is 26.3. The summed E-state index contributed by atoms with van der Waals surface area (Å²) in [6.07, 6.45) is 6.79. The van der Waals surface area contributed by atoms with Gasteiger partial charge in [-0.3, -0.25) is 4.98 Å². The molecule has 3 heterocycles. The molecule has 0 saturated carbocycles. The zero-order valence-electron chi connectivity index (χ0n) is 13.8. The van der Waals surface area contributed by atoms with E-state index >= 15 is 0 Å². The Balaban J connectivity index is 1.65. The maximum atomic E-state index is 11.6. The first-order valence-electron chi connectivity index (χ1n) is 7.83. The van der Waals surface area contributed by atoms with E-state index in [0.29, 0.717) is 17.4 Å². The van der Waals surface area contributed by atoms with Crippen molar-refractivity contribution in [2.45, 2.75) is 12.8 Å². The van der Waals surface area contributed by atoms with Crippen molar-refractivity contribution in [3.8, 4) is 5.88 Å². The number of pyridine rings is 1. The van der Waals surface area contributed by atoms with Crippen LogP contribution in [-0.2, 0) is 11.2 Å². The van der Waals surface area contributed by atoms with Gasteiger partial charge in [0.15, 0.2) is 0 Å². The summed E-state index contributed by atoms with van der Waals surface area (Å²) in [5, 5.41) is 0. The van der Waals surface area contributed by atoms with Crippen molar-refractivity contribution in [1.82, 2.24) is 15.0 Å². The summed E-state index contributed by atoms with van der Waals surface area (Å²) >= 11 is 0. The van der Waals surface area contributed by atoms with Gasteiger partial charge in [0, 0.05) is 31.5 Å². The van der Waals surface area contributed by atoms with Crippen LogP contribution in [0, 0.1) is 5.92 Å². The van der Waals surface area contributed by atoms with Gasteiger partial charge in [-0.2, -0.15) is 0 Å².